The molecule has 4 nitrogen and oxygen atoms in total. The fourth-order valence-corrected chi connectivity index (χ4v) is 5.18. The normalized spacial score (nSPS) is 21.8. The predicted molar refractivity (Wildman–Crippen MR) is 93.1 cm³/mol. The fraction of sp³-hybridized carbons (Fsp3) is 0.647. The minimum Gasteiger partial charge on any atom is -0.354 e. The number of aryl methyl sites for hydroxylation is 3. The Hall–Kier alpha value is -1.20. The molecule has 2 aromatic rings. The molecule has 0 aromatic carbocycles. The molecule has 1 atom stereocenters. The van der Waals surface area contributed by atoms with Crippen LogP contribution in [0.1, 0.15) is 35.5 Å². The van der Waals surface area contributed by atoms with E-state index in [1.807, 2.05) is 18.3 Å². The molecule has 22 heavy (non-hydrogen) atoms. The van der Waals surface area contributed by atoms with Crippen molar-refractivity contribution in [3.8, 4) is 0 Å². The van der Waals surface area contributed by atoms with Gasteiger partial charge in [0.1, 0.15) is 16.5 Å². The van der Waals surface area contributed by atoms with Crippen LogP contribution in [-0.2, 0) is 12.8 Å². The molecule has 0 saturated carbocycles. The van der Waals surface area contributed by atoms with E-state index in [2.05, 4.69) is 23.9 Å². The molecular formula is C17H24N4S. The van der Waals surface area contributed by atoms with Crippen LogP contribution in [0, 0.1) is 6.92 Å². The molecule has 118 valence electrons. The van der Waals surface area contributed by atoms with Crippen LogP contribution in [0.25, 0.3) is 10.2 Å². The summed E-state index contributed by atoms with van der Waals surface area (Å²) in [6.07, 6.45) is 6.28. The van der Waals surface area contributed by atoms with Crippen molar-refractivity contribution in [3.05, 3.63) is 16.3 Å². The van der Waals surface area contributed by atoms with Gasteiger partial charge in [-0.1, -0.05) is 0 Å². The standard InChI is InChI=1S/C17H24N4S/c1-11-18-16(21-9-5-6-12(10-21)20(2)3)15-13-7-4-8-14(13)22-17(15)19-11/h12H,4-10H2,1-3H3. The summed E-state index contributed by atoms with van der Waals surface area (Å²) in [7, 11) is 4.38. The number of anilines is 1. The number of rotatable bonds is 2. The van der Waals surface area contributed by atoms with Gasteiger partial charge in [-0.2, -0.15) is 0 Å². The number of aromatic nitrogens is 2. The molecule has 0 radical (unpaired) electrons. The van der Waals surface area contributed by atoms with Gasteiger partial charge in [-0.3, -0.25) is 0 Å². The van der Waals surface area contributed by atoms with Crippen LogP contribution in [0.3, 0.4) is 0 Å². The van der Waals surface area contributed by atoms with Crippen molar-refractivity contribution in [2.75, 3.05) is 32.1 Å². The Balaban J connectivity index is 1.80. The first kappa shape index (κ1) is 14.4. The van der Waals surface area contributed by atoms with Crippen LogP contribution >= 0.6 is 11.3 Å². The molecule has 1 aliphatic carbocycles. The van der Waals surface area contributed by atoms with Crippen molar-refractivity contribution >= 4 is 27.4 Å². The molecule has 1 saturated heterocycles. The van der Waals surface area contributed by atoms with Crippen molar-refractivity contribution in [2.45, 2.75) is 45.1 Å². The number of hydrogen-bond acceptors (Lipinski definition) is 5. The summed E-state index contributed by atoms with van der Waals surface area (Å²) in [5, 5.41) is 1.36. The zero-order chi connectivity index (χ0) is 15.3. The van der Waals surface area contributed by atoms with Gasteiger partial charge in [-0.15, -0.1) is 11.3 Å². The Morgan fingerprint density at radius 3 is 2.86 bits per heavy atom. The number of nitrogens with zero attached hydrogens (tertiary/aromatic N) is 4. The molecule has 4 rings (SSSR count). The van der Waals surface area contributed by atoms with Gasteiger partial charge in [0.25, 0.3) is 0 Å². The Bertz CT molecular complexity index is 706. The van der Waals surface area contributed by atoms with Crippen LogP contribution < -0.4 is 4.90 Å². The molecule has 0 bridgehead atoms. The lowest BCUT2D eigenvalue weighted by atomic mass is 10.0. The van der Waals surface area contributed by atoms with E-state index in [0.717, 1.165) is 18.9 Å². The molecule has 1 aliphatic heterocycles. The Morgan fingerprint density at radius 1 is 1.18 bits per heavy atom. The molecule has 2 aromatic heterocycles. The molecule has 0 spiro atoms. The lowest BCUT2D eigenvalue weighted by molar-refractivity contribution is 0.257. The van der Waals surface area contributed by atoms with E-state index in [9.17, 15) is 0 Å². The summed E-state index contributed by atoms with van der Waals surface area (Å²) in [6, 6.07) is 0.630. The highest BCUT2D eigenvalue weighted by Gasteiger charge is 2.27. The summed E-state index contributed by atoms with van der Waals surface area (Å²) in [6.45, 7) is 4.24. The first-order chi connectivity index (χ1) is 10.6. The lowest BCUT2D eigenvalue weighted by Gasteiger charge is -2.37. The number of hydrogen-bond donors (Lipinski definition) is 0. The van der Waals surface area contributed by atoms with Crippen molar-refractivity contribution in [1.82, 2.24) is 14.9 Å². The summed E-state index contributed by atoms with van der Waals surface area (Å²) in [4.78, 5) is 17.2. The third kappa shape index (κ3) is 2.31. The summed E-state index contributed by atoms with van der Waals surface area (Å²) >= 11 is 1.90. The van der Waals surface area contributed by atoms with Crippen molar-refractivity contribution in [2.24, 2.45) is 0 Å². The third-order valence-electron chi connectivity index (χ3n) is 5.08. The van der Waals surface area contributed by atoms with Gasteiger partial charge in [-0.05, 0) is 58.7 Å². The highest BCUT2D eigenvalue weighted by Crippen LogP contribution is 2.41. The summed E-state index contributed by atoms with van der Waals surface area (Å²) in [5.74, 6) is 2.11. The van der Waals surface area contributed by atoms with Crippen molar-refractivity contribution in [1.29, 1.82) is 0 Å². The largest absolute Gasteiger partial charge is 0.354 e. The fourth-order valence-electron chi connectivity index (χ4n) is 3.88. The van der Waals surface area contributed by atoms with Gasteiger partial charge in [-0.25, -0.2) is 9.97 Å². The van der Waals surface area contributed by atoms with E-state index in [0.29, 0.717) is 6.04 Å². The molecule has 5 heteroatoms. The maximum absolute atomic E-state index is 4.87. The van der Waals surface area contributed by atoms with Gasteiger partial charge < -0.3 is 9.80 Å². The van der Waals surface area contributed by atoms with Gasteiger partial charge in [0, 0.05) is 24.0 Å². The molecule has 0 amide bonds. The molecule has 1 unspecified atom stereocenters. The van der Waals surface area contributed by atoms with E-state index in [-0.39, 0.29) is 0 Å². The Morgan fingerprint density at radius 2 is 2.05 bits per heavy atom. The van der Waals surface area contributed by atoms with Crippen LogP contribution in [0.5, 0.6) is 0 Å². The maximum atomic E-state index is 4.87. The number of fused-ring (bicyclic) bond motifs is 3. The molecule has 2 aliphatic rings. The number of thiophene rings is 1. The average molecular weight is 316 g/mol. The minimum atomic E-state index is 0.630. The highest BCUT2D eigenvalue weighted by molar-refractivity contribution is 7.19. The van der Waals surface area contributed by atoms with Crippen molar-refractivity contribution < 1.29 is 0 Å². The smallest absolute Gasteiger partial charge is 0.141 e. The Kier molecular flexibility index (Phi) is 3.57. The molecule has 0 N–H and O–H groups in total. The zero-order valence-corrected chi connectivity index (χ0v) is 14.5. The SMILES string of the molecule is Cc1nc(N2CCCC(N(C)C)C2)c2c3c(sc2n1)CCC3. The average Bonchev–Trinajstić information content (AvgIpc) is 3.06. The van der Waals surface area contributed by atoms with Crippen LogP contribution in [0.15, 0.2) is 0 Å². The molecule has 1 fully saturated rings. The van der Waals surface area contributed by atoms with Gasteiger partial charge in [0.2, 0.25) is 0 Å². The van der Waals surface area contributed by atoms with E-state index >= 15 is 0 Å². The molecular weight excluding hydrogens is 292 g/mol. The monoisotopic (exact) mass is 316 g/mol. The second-order valence-electron chi connectivity index (χ2n) is 6.84. The van der Waals surface area contributed by atoms with E-state index in [4.69, 9.17) is 9.97 Å². The van der Waals surface area contributed by atoms with E-state index in [1.54, 1.807) is 10.4 Å². The predicted octanol–water partition coefficient (Wildman–Crippen LogP) is 3.02. The van der Waals surface area contributed by atoms with Gasteiger partial charge in [0.05, 0.1) is 5.39 Å². The minimum absolute atomic E-state index is 0.630. The molecule has 3 heterocycles. The number of likely N-dealkylation sites (N-methyl/N-ethyl adjacent to an activating group) is 1. The summed E-state index contributed by atoms with van der Waals surface area (Å²) < 4.78 is 0. The maximum Gasteiger partial charge on any atom is 0.141 e. The lowest BCUT2D eigenvalue weighted by Crippen LogP contribution is -2.45. The first-order valence-corrected chi connectivity index (χ1v) is 9.15. The quantitative estimate of drug-likeness (QED) is 0.852. The second-order valence-corrected chi connectivity index (χ2v) is 7.92. The second kappa shape index (κ2) is 5.46. The summed E-state index contributed by atoms with van der Waals surface area (Å²) in [5.41, 5.74) is 1.54. The van der Waals surface area contributed by atoms with Crippen molar-refractivity contribution in [3.63, 3.8) is 0 Å². The van der Waals surface area contributed by atoms with Crippen LogP contribution in [0.2, 0.25) is 0 Å². The van der Waals surface area contributed by atoms with Crippen LogP contribution in [0.4, 0.5) is 5.82 Å². The van der Waals surface area contributed by atoms with Crippen LogP contribution in [-0.4, -0.2) is 48.1 Å². The third-order valence-corrected chi connectivity index (χ3v) is 6.27. The first-order valence-electron chi connectivity index (χ1n) is 8.33. The topological polar surface area (TPSA) is 32.3 Å². The van der Waals surface area contributed by atoms with E-state index in [1.165, 1.54) is 48.1 Å². The van der Waals surface area contributed by atoms with Gasteiger partial charge in [0.15, 0.2) is 0 Å². The number of piperidine rings is 1. The Labute approximate surface area is 136 Å². The van der Waals surface area contributed by atoms with Gasteiger partial charge >= 0.3 is 0 Å². The zero-order valence-electron chi connectivity index (χ0n) is 13.7. The highest BCUT2D eigenvalue weighted by atomic mass is 32.1. The van der Waals surface area contributed by atoms with E-state index < -0.39 is 0 Å².